The molecule has 7 nitrogen and oxygen atoms in total. The lowest BCUT2D eigenvalue weighted by atomic mass is 10.1. The van der Waals surface area contributed by atoms with Crippen LogP contribution in [-0.2, 0) is 0 Å². The van der Waals surface area contributed by atoms with E-state index >= 15 is 0 Å². The molecule has 180 valence electrons. The topological polar surface area (TPSA) is 70.5 Å². The Labute approximate surface area is 203 Å². The number of rotatable bonds is 7. The number of imidazole rings is 1. The van der Waals surface area contributed by atoms with Gasteiger partial charge in [-0.3, -0.25) is 14.2 Å². The number of amides is 2. The summed E-state index contributed by atoms with van der Waals surface area (Å²) in [5.41, 5.74) is 3.87. The first-order chi connectivity index (χ1) is 16.7. The van der Waals surface area contributed by atoms with Gasteiger partial charge in [0.25, 0.3) is 11.8 Å². The third kappa shape index (κ3) is 5.38. The molecule has 8 heteroatoms. The zero-order valence-electron chi connectivity index (χ0n) is 20.2. The first kappa shape index (κ1) is 24.1. The first-order valence-electron chi connectivity index (χ1n) is 11.3. The van der Waals surface area contributed by atoms with Crippen LogP contribution in [-0.4, -0.2) is 65.4 Å². The van der Waals surface area contributed by atoms with Crippen LogP contribution >= 0.6 is 0 Å². The highest BCUT2D eigenvalue weighted by atomic mass is 19.1. The molecule has 0 bridgehead atoms. The van der Waals surface area contributed by atoms with Crippen molar-refractivity contribution < 1.29 is 14.0 Å². The molecule has 0 saturated carbocycles. The standard InChI is InChI=1S/C27H28FN5O2/c1-18-29-24-14-7-20(17-25(24)33(18)23-12-8-21(28)9-13-23)26(34)30-22-10-5-19(6-11-22)27(35)32(4)16-15-31(2)3/h5-14,17H,15-16H2,1-4H3,(H,30,34). The van der Waals surface area contributed by atoms with Crippen molar-refractivity contribution in [1.82, 2.24) is 19.4 Å². The average Bonchev–Trinajstić information content (AvgIpc) is 3.18. The molecule has 0 saturated heterocycles. The zero-order chi connectivity index (χ0) is 25.1. The summed E-state index contributed by atoms with van der Waals surface area (Å²) in [5.74, 6) is 0.0713. The summed E-state index contributed by atoms with van der Waals surface area (Å²) < 4.78 is 15.3. The lowest BCUT2D eigenvalue weighted by Gasteiger charge is -2.19. The summed E-state index contributed by atoms with van der Waals surface area (Å²) in [5, 5.41) is 2.88. The van der Waals surface area contributed by atoms with E-state index < -0.39 is 0 Å². The molecule has 2 amide bonds. The van der Waals surface area contributed by atoms with E-state index in [1.54, 1.807) is 66.5 Å². The van der Waals surface area contributed by atoms with Gasteiger partial charge < -0.3 is 15.1 Å². The van der Waals surface area contributed by atoms with Crippen molar-refractivity contribution in [2.24, 2.45) is 0 Å². The third-order valence-corrected chi connectivity index (χ3v) is 5.79. The Bertz CT molecular complexity index is 1360. The minimum Gasteiger partial charge on any atom is -0.340 e. The van der Waals surface area contributed by atoms with E-state index in [2.05, 4.69) is 10.3 Å². The third-order valence-electron chi connectivity index (χ3n) is 5.79. The molecular formula is C27H28FN5O2. The van der Waals surface area contributed by atoms with Gasteiger partial charge in [0.1, 0.15) is 11.6 Å². The number of aryl methyl sites for hydroxylation is 1. The molecule has 35 heavy (non-hydrogen) atoms. The van der Waals surface area contributed by atoms with Crippen LogP contribution in [0.15, 0.2) is 66.7 Å². The Kier molecular flexibility index (Phi) is 6.93. The molecule has 1 N–H and O–H groups in total. The summed E-state index contributed by atoms with van der Waals surface area (Å²) in [4.78, 5) is 33.8. The summed E-state index contributed by atoms with van der Waals surface area (Å²) in [6, 6.07) is 18.3. The average molecular weight is 474 g/mol. The number of likely N-dealkylation sites (N-methyl/N-ethyl adjacent to an activating group) is 2. The van der Waals surface area contributed by atoms with Crippen LogP contribution in [0, 0.1) is 12.7 Å². The number of nitrogens with zero attached hydrogens (tertiary/aromatic N) is 4. The Hall–Kier alpha value is -4.04. The van der Waals surface area contributed by atoms with Crippen molar-refractivity contribution >= 4 is 28.5 Å². The van der Waals surface area contributed by atoms with E-state index in [1.807, 2.05) is 30.5 Å². The van der Waals surface area contributed by atoms with Crippen LogP contribution in [0.2, 0.25) is 0 Å². The highest BCUT2D eigenvalue weighted by Crippen LogP contribution is 2.23. The lowest BCUT2D eigenvalue weighted by Crippen LogP contribution is -2.33. The Morgan fingerprint density at radius 2 is 1.57 bits per heavy atom. The predicted octanol–water partition coefficient (Wildman–Crippen LogP) is 4.36. The first-order valence-corrected chi connectivity index (χ1v) is 11.3. The van der Waals surface area contributed by atoms with E-state index in [4.69, 9.17) is 0 Å². The smallest absolute Gasteiger partial charge is 0.255 e. The molecule has 4 rings (SSSR count). The van der Waals surface area contributed by atoms with Crippen LogP contribution < -0.4 is 5.32 Å². The maximum Gasteiger partial charge on any atom is 0.255 e. The number of hydrogen-bond acceptors (Lipinski definition) is 4. The quantitative estimate of drug-likeness (QED) is 0.433. The lowest BCUT2D eigenvalue weighted by molar-refractivity contribution is 0.0786. The van der Waals surface area contributed by atoms with Crippen molar-refractivity contribution in [3.8, 4) is 5.69 Å². The van der Waals surface area contributed by atoms with Crippen LogP contribution in [0.25, 0.3) is 16.7 Å². The summed E-state index contributed by atoms with van der Waals surface area (Å²) in [6.45, 7) is 3.27. The molecule has 0 aliphatic heterocycles. The molecule has 3 aromatic carbocycles. The van der Waals surface area contributed by atoms with Gasteiger partial charge in [0.05, 0.1) is 11.0 Å². The molecule has 0 atom stereocenters. The maximum absolute atomic E-state index is 13.4. The van der Waals surface area contributed by atoms with E-state index in [0.717, 1.165) is 29.1 Å². The van der Waals surface area contributed by atoms with Gasteiger partial charge in [0, 0.05) is 42.6 Å². The second-order valence-electron chi connectivity index (χ2n) is 8.74. The minimum atomic E-state index is -0.316. The van der Waals surface area contributed by atoms with Gasteiger partial charge in [-0.2, -0.15) is 0 Å². The fourth-order valence-electron chi connectivity index (χ4n) is 3.82. The fraction of sp³-hybridized carbons (Fsp3) is 0.222. The Morgan fingerprint density at radius 3 is 2.23 bits per heavy atom. The highest BCUT2D eigenvalue weighted by molar-refractivity contribution is 6.06. The monoisotopic (exact) mass is 473 g/mol. The number of anilines is 1. The number of fused-ring (bicyclic) bond motifs is 1. The van der Waals surface area contributed by atoms with Gasteiger partial charge in [-0.1, -0.05) is 0 Å². The van der Waals surface area contributed by atoms with Gasteiger partial charge in [0.2, 0.25) is 0 Å². The van der Waals surface area contributed by atoms with E-state index in [9.17, 15) is 14.0 Å². The van der Waals surface area contributed by atoms with Crippen LogP contribution in [0.5, 0.6) is 0 Å². The predicted molar refractivity (Wildman–Crippen MR) is 136 cm³/mol. The molecule has 0 unspecified atom stereocenters. The Morgan fingerprint density at radius 1 is 0.914 bits per heavy atom. The number of benzene rings is 3. The van der Waals surface area contributed by atoms with Gasteiger partial charge in [-0.15, -0.1) is 0 Å². The number of hydrogen-bond donors (Lipinski definition) is 1. The molecule has 0 aliphatic rings. The number of nitrogens with one attached hydrogen (secondary N) is 1. The Balaban J connectivity index is 1.51. The number of halogens is 1. The molecule has 0 radical (unpaired) electrons. The largest absolute Gasteiger partial charge is 0.340 e. The molecular weight excluding hydrogens is 445 g/mol. The second-order valence-corrected chi connectivity index (χ2v) is 8.74. The highest BCUT2D eigenvalue weighted by Gasteiger charge is 2.15. The summed E-state index contributed by atoms with van der Waals surface area (Å²) in [6.07, 6.45) is 0. The molecule has 1 heterocycles. The van der Waals surface area contributed by atoms with E-state index in [-0.39, 0.29) is 17.6 Å². The van der Waals surface area contributed by atoms with Crippen molar-refractivity contribution in [2.45, 2.75) is 6.92 Å². The van der Waals surface area contributed by atoms with Gasteiger partial charge in [-0.25, -0.2) is 9.37 Å². The van der Waals surface area contributed by atoms with Crippen molar-refractivity contribution in [3.05, 3.63) is 89.5 Å². The van der Waals surface area contributed by atoms with Gasteiger partial charge >= 0.3 is 0 Å². The molecule has 0 fully saturated rings. The molecule has 0 aliphatic carbocycles. The van der Waals surface area contributed by atoms with Crippen LogP contribution in [0.4, 0.5) is 10.1 Å². The molecule has 1 aromatic heterocycles. The van der Waals surface area contributed by atoms with Crippen LogP contribution in [0.1, 0.15) is 26.5 Å². The van der Waals surface area contributed by atoms with E-state index in [1.165, 1.54) is 12.1 Å². The molecule has 0 spiro atoms. The minimum absolute atomic E-state index is 0.0698. The number of carbonyl (C=O) groups is 2. The van der Waals surface area contributed by atoms with E-state index in [0.29, 0.717) is 23.4 Å². The van der Waals surface area contributed by atoms with Crippen LogP contribution in [0.3, 0.4) is 0 Å². The van der Waals surface area contributed by atoms with Crippen molar-refractivity contribution in [1.29, 1.82) is 0 Å². The van der Waals surface area contributed by atoms with Gasteiger partial charge in [0.15, 0.2) is 0 Å². The van der Waals surface area contributed by atoms with Gasteiger partial charge in [-0.05, 0) is 87.7 Å². The number of aromatic nitrogens is 2. The van der Waals surface area contributed by atoms with Crippen molar-refractivity contribution in [3.63, 3.8) is 0 Å². The summed E-state index contributed by atoms with van der Waals surface area (Å²) >= 11 is 0. The maximum atomic E-state index is 13.4. The summed E-state index contributed by atoms with van der Waals surface area (Å²) in [7, 11) is 5.70. The number of carbonyl (C=O) groups excluding carboxylic acids is 2. The SMILES string of the molecule is Cc1nc2ccc(C(=O)Nc3ccc(C(=O)N(C)CCN(C)C)cc3)cc2n1-c1ccc(F)cc1. The fourth-order valence-corrected chi connectivity index (χ4v) is 3.82. The van der Waals surface area contributed by atoms with Crippen molar-refractivity contribution in [2.75, 3.05) is 39.5 Å². The normalized spacial score (nSPS) is 11.1. The zero-order valence-corrected chi connectivity index (χ0v) is 20.2. The molecule has 4 aromatic rings. The second kappa shape index (κ2) is 10.1.